The van der Waals surface area contributed by atoms with E-state index in [1.165, 1.54) is 0 Å². The van der Waals surface area contributed by atoms with Crippen molar-refractivity contribution in [2.24, 2.45) is 0 Å². The van der Waals surface area contributed by atoms with Crippen LogP contribution in [0.15, 0.2) is 54.6 Å². The van der Waals surface area contributed by atoms with E-state index in [0.29, 0.717) is 23.1 Å². The Morgan fingerprint density at radius 2 is 1.81 bits per heavy atom. The molecule has 0 radical (unpaired) electrons. The molecule has 0 fully saturated rings. The zero-order chi connectivity index (χ0) is 18.1. The van der Waals surface area contributed by atoms with Crippen molar-refractivity contribution in [2.75, 3.05) is 10.6 Å². The lowest BCUT2D eigenvalue weighted by Gasteiger charge is -2.12. The molecule has 3 aromatic carbocycles. The van der Waals surface area contributed by atoms with Gasteiger partial charge in [-0.05, 0) is 48.7 Å². The Hall–Kier alpha value is -3.34. The zero-order valence-corrected chi connectivity index (χ0v) is 14.1. The van der Waals surface area contributed by atoms with Crippen LogP contribution >= 0.6 is 0 Å². The molecule has 0 atom stereocenters. The SMILES string of the molecule is O=C1CCCc2cc(C(=O)Nc3cccc4c(O)cccc34)ccc2N1. The molecule has 5 nitrogen and oxygen atoms in total. The standard InChI is InChI=1S/C21H18N2O3/c24-19-8-3-5-15-16(19)6-2-7-18(15)23-21(26)14-10-11-17-13(12-14)4-1-9-20(25)22-17/h2-3,5-8,10-12,24H,1,4,9H2,(H,22,25)(H,23,26). The summed E-state index contributed by atoms with van der Waals surface area (Å²) in [7, 11) is 0. The monoisotopic (exact) mass is 346 g/mol. The van der Waals surface area contributed by atoms with Crippen molar-refractivity contribution in [3.63, 3.8) is 0 Å². The van der Waals surface area contributed by atoms with E-state index in [1.807, 2.05) is 24.3 Å². The van der Waals surface area contributed by atoms with Crippen molar-refractivity contribution in [1.82, 2.24) is 0 Å². The Balaban J connectivity index is 1.64. The zero-order valence-electron chi connectivity index (χ0n) is 14.1. The van der Waals surface area contributed by atoms with E-state index in [-0.39, 0.29) is 17.6 Å². The maximum Gasteiger partial charge on any atom is 0.255 e. The van der Waals surface area contributed by atoms with Crippen LogP contribution in [-0.2, 0) is 11.2 Å². The van der Waals surface area contributed by atoms with Crippen LogP contribution in [-0.4, -0.2) is 16.9 Å². The van der Waals surface area contributed by atoms with Crippen LogP contribution in [0.2, 0.25) is 0 Å². The van der Waals surface area contributed by atoms with Crippen LogP contribution in [0, 0.1) is 0 Å². The molecular weight excluding hydrogens is 328 g/mol. The van der Waals surface area contributed by atoms with Gasteiger partial charge in [0, 0.05) is 34.1 Å². The molecular formula is C21H18N2O3. The van der Waals surface area contributed by atoms with E-state index in [2.05, 4.69) is 10.6 Å². The van der Waals surface area contributed by atoms with Crippen LogP contribution < -0.4 is 10.6 Å². The van der Waals surface area contributed by atoms with Crippen molar-refractivity contribution < 1.29 is 14.7 Å². The highest BCUT2D eigenvalue weighted by molar-refractivity contribution is 6.10. The van der Waals surface area contributed by atoms with E-state index in [9.17, 15) is 14.7 Å². The first kappa shape index (κ1) is 16.1. The Labute approximate surface area is 150 Å². The van der Waals surface area contributed by atoms with Gasteiger partial charge in [-0.25, -0.2) is 0 Å². The predicted octanol–water partition coefficient (Wildman–Crippen LogP) is 4.07. The van der Waals surface area contributed by atoms with Crippen molar-refractivity contribution >= 4 is 34.0 Å². The highest BCUT2D eigenvalue weighted by Gasteiger charge is 2.16. The van der Waals surface area contributed by atoms with Gasteiger partial charge in [0.15, 0.2) is 0 Å². The molecule has 0 aliphatic carbocycles. The first-order valence-corrected chi connectivity index (χ1v) is 8.57. The molecule has 0 spiro atoms. The Morgan fingerprint density at radius 1 is 1.00 bits per heavy atom. The Morgan fingerprint density at radius 3 is 2.69 bits per heavy atom. The number of rotatable bonds is 2. The minimum absolute atomic E-state index is 0.0107. The number of benzene rings is 3. The van der Waals surface area contributed by atoms with Crippen LogP contribution in [0.25, 0.3) is 10.8 Å². The van der Waals surface area contributed by atoms with Crippen LogP contribution in [0.1, 0.15) is 28.8 Å². The third kappa shape index (κ3) is 2.99. The summed E-state index contributed by atoms with van der Waals surface area (Å²) in [4.78, 5) is 24.4. The highest BCUT2D eigenvalue weighted by atomic mass is 16.3. The van der Waals surface area contributed by atoms with Gasteiger partial charge in [0.1, 0.15) is 5.75 Å². The van der Waals surface area contributed by atoms with Crippen LogP contribution in [0.4, 0.5) is 11.4 Å². The molecule has 4 rings (SSSR count). The molecule has 130 valence electrons. The first-order valence-electron chi connectivity index (χ1n) is 8.57. The maximum absolute atomic E-state index is 12.7. The second-order valence-corrected chi connectivity index (χ2v) is 6.41. The summed E-state index contributed by atoms with van der Waals surface area (Å²) >= 11 is 0. The molecule has 1 heterocycles. The largest absolute Gasteiger partial charge is 0.507 e. The molecule has 2 amide bonds. The molecule has 0 saturated heterocycles. The second-order valence-electron chi connectivity index (χ2n) is 6.41. The third-order valence-electron chi connectivity index (χ3n) is 4.64. The number of fused-ring (bicyclic) bond motifs is 2. The Kier molecular flexibility index (Phi) is 4.05. The number of phenolic OH excluding ortho intramolecular Hbond substituents is 1. The van der Waals surface area contributed by atoms with Crippen LogP contribution in [0.3, 0.4) is 0 Å². The van der Waals surface area contributed by atoms with Gasteiger partial charge in [0.2, 0.25) is 5.91 Å². The normalized spacial score (nSPS) is 13.6. The molecule has 26 heavy (non-hydrogen) atoms. The average Bonchev–Trinajstić information content (AvgIpc) is 2.82. The summed E-state index contributed by atoms with van der Waals surface area (Å²) in [6.07, 6.45) is 2.03. The molecule has 1 aliphatic rings. The van der Waals surface area contributed by atoms with E-state index < -0.39 is 0 Å². The number of aromatic hydroxyl groups is 1. The second kappa shape index (κ2) is 6.52. The number of aryl methyl sites for hydroxylation is 1. The van der Waals surface area contributed by atoms with E-state index in [0.717, 1.165) is 29.5 Å². The van der Waals surface area contributed by atoms with Gasteiger partial charge in [-0.3, -0.25) is 9.59 Å². The summed E-state index contributed by atoms with van der Waals surface area (Å²) in [5, 5.41) is 17.2. The lowest BCUT2D eigenvalue weighted by atomic mass is 10.0. The molecule has 5 heteroatoms. The van der Waals surface area contributed by atoms with Crippen molar-refractivity contribution in [3.8, 4) is 5.75 Å². The lowest BCUT2D eigenvalue weighted by Crippen LogP contribution is -2.13. The number of anilines is 2. The van der Waals surface area contributed by atoms with Gasteiger partial charge in [-0.2, -0.15) is 0 Å². The number of hydrogen-bond acceptors (Lipinski definition) is 3. The molecule has 0 saturated carbocycles. The molecule has 0 bridgehead atoms. The number of carbonyl (C=O) groups excluding carboxylic acids is 2. The number of phenols is 1. The molecule has 3 N–H and O–H groups in total. The summed E-state index contributed by atoms with van der Waals surface area (Å²) in [5.74, 6) is -0.0323. The average molecular weight is 346 g/mol. The minimum Gasteiger partial charge on any atom is -0.507 e. The summed E-state index contributed by atoms with van der Waals surface area (Å²) in [6.45, 7) is 0. The fraction of sp³-hybridized carbons (Fsp3) is 0.143. The number of amides is 2. The summed E-state index contributed by atoms with van der Waals surface area (Å²) in [5.41, 5.74) is 2.93. The highest BCUT2D eigenvalue weighted by Crippen LogP contribution is 2.30. The number of hydrogen-bond donors (Lipinski definition) is 3. The Bertz CT molecular complexity index is 1030. The van der Waals surface area contributed by atoms with E-state index >= 15 is 0 Å². The van der Waals surface area contributed by atoms with Gasteiger partial charge < -0.3 is 15.7 Å². The number of nitrogens with one attached hydrogen (secondary N) is 2. The van der Waals surface area contributed by atoms with Gasteiger partial charge in [0.05, 0.1) is 0 Å². The summed E-state index contributed by atoms with van der Waals surface area (Å²) in [6, 6.07) is 16.0. The number of carbonyl (C=O) groups is 2. The smallest absolute Gasteiger partial charge is 0.255 e. The van der Waals surface area contributed by atoms with Gasteiger partial charge in [-0.1, -0.05) is 24.3 Å². The predicted molar refractivity (Wildman–Crippen MR) is 102 cm³/mol. The fourth-order valence-electron chi connectivity index (χ4n) is 3.31. The van der Waals surface area contributed by atoms with E-state index in [1.54, 1.807) is 30.3 Å². The van der Waals surface area contributed by atoms with Crippen molar-refractivity contribution in [1.29, 1.82) is 0 Å². The quantitative estimate of drug-likeness (QED) is 0.654. The van der Waals surface area contributed by atoms with Gasteiger partial charge in [-0.15, -0.1) is 0 Å². The van der Waals surface area contributed by atoms with Crippen molar-refractivity contribution in [3.05, 3.63) is 65.7 Å². The maximum atomic E-state index is 12.7. The van der Waals surface area contributed by atoms with Gasteiger partial charge in [0.25, 0.3) is 5.91 Å². The lowest BCUT2D eigenvalue weighted by molar-refractivity contribution is -0.116. The molecule has 0 unspecified atom stereocenters. The van der Waals surface area contributed by atoms with Crippen molar-refractivity contribution in [2.45, 2.75) is 19.3 Å². The molecule has 1 aliphatic heterocycles. The summed E-state index contributed by atoms with van der Waals surface area (Å²) < 4.78 is 0. The minimum atomic E-state index is -0.223. The van der Waals surface area contributed by atoms with Gasteiger partial charge >= 0.3 is 0 Å². The fourth-order valence-corrected chi connectivity index (χ4v) is 3.31. The molecule has 0 aromatic heterocycles. The van der Waals surface area contributed by atoms with Crippen LogP contribution in [0.5, 0.6) is 5.75 Å². The first-order chi connectivity index (χ1) is 12.6. The topological polar surface area (TPSA) is 78.4 Å². The molecule has 3 aromatic rings. The van der Waals surface area contributed by atoms with E-state index in [4.69, 9.17) is 0 Å². The third-order valence-corrected chi connectivity index (χ3v) is 4.64.